The highest BCUT2D eigenvalue weighted by Gasteiger charge is 2.51. The molecule has 2 atom stereocenters. The first-order chi connectivity index (χ1) is 14.0. The Morgan fingerprint density at radius 3 is 2.48 bits per heavy atom. The van der Waals surface area contributed by atoms with Crippen LogP contribution in [0.1, 0.15) is 43.7 Å². The number of ether oxygens (including phenoxy) is 2. The SMILES string of the molecule is CCOc1ccc(C2(O)CC3CCC(C2)N3C(=O)OCc2ccccc2)c(F)c1. The molecule has 1 N–H and O–H groups in total. The van der Waals surface area contributed by atoms with Gasteiger partial charge in [-0.1, -0.05) is 30.3 Å². The van der Waals surface area contributed by atoms with Gasteiger partial charge in [-0.2, -0.15) is 0 Å². The zero-order valence-electron chi connectivity index (χ0n) is 16.5. The average molecular weight is 399 g/mol. The topological polar surface area (TPSA) is 59.0 Å². The van der Waals surface area contributed by atoms with E-state index in [2.05, 4.69) is 0 Å². The third kappa shape index (κ3) is 3.94. The summed E-state index contributed by atoms with van der Waals surface area (Å²) in [5, 5.41) is 11.3. The van der Waals surface area contributed by atoms with Gasteiger partial charge in [0.15, 0.2) is 0 Å². The summed E-state index contributed by atoms with van der Waals surface area (Å²) in [5.41, 5.74) is -0.0926. The minimum absolute atomic E-state index is 0.159. The van der Waals surface area contributed by atoms with Crippen LogP contribution in [-0.2, 0) is 16.9 Å². The number of fused-ring (bicyclic) bond motifs is 2. The maximum atomic E-state index is 14.7. The summed E-state index contributed by atoms with van der Waals surface area (Å²) < 4.78 is 25.5. The van der Waals surface area contributed by atoms with Crippen molar-refractivity contribution in [3.63, 3.8) is 0 Å². The molecule has 1 amide bonds. The lowest BCUT2D eigenvalue weighted by molar-refractivity contribution is -0.0556. The van der Waals surface area contributed by atoms with Gasteiger partial charge in [0, 0.05) is 36.6 Å². The Balaban J connectivity index is 1.46. The van der Waals surface area contributed by atoms with E-state index in [0.717, 1.165) is 18.4 Å². The van der Waals surface area contributed by atoms with Gasteiger partial charge in [-0.25, -0.2) is 9.18 Å². The van der Waals surface area contributed by atoms with Crippen LogP contribution in [0.15, 0.2) is 48.5 Å². The van der Waals surface area contributed by atoms with Crippen LogP contribution in [0.3, 0.4) is 0 Å². The predicted molar refractivity (Wildman–Crippen MR) is 106 cm³/mol. The summed E-state index contributed by atoms with van der Waals surface area (Å²) in [4.78, 5) is 14.4. The third-order valence-corrected chi connectivity index (χ3v) is 5.94. The molecular formula is C23H26FNO4. The van der Waals surface area contributed by atoms with Gasteiger partial charge in [-0.15, -0.1) is 0 Å². The first kappa shape index (κ1) is 19.7. The third-order valence-electron chi connectivity index (χ3n) is 5.94. The molecule has 0 radical (unpaired) electrons. The molecule has 2 saturated heterocycles. The summed E-state index contributed by atoms with van der Waals surface area (Å²) in [6.45, 7) is 2.50. The second-order valence-electron chi connectivity index (χ2n) is 7.85. The van der Waals surface area contributed by atoms with Crippen molar-refractivity contribution < 1.29 is 23.8 Å². The predicted octanol–water partition coefficient (Wildman–Crippen LogP) is 4.38. The molecule has 4 rings (SSSR count). The van der Waals surface area contributed by atoms with Gasteiger partial charge < -0.3 is 19.5 Å². The van der Waals surface area contributed by atoms with Crippen LogP contribution in [0.2, 0.25) is 0 Å². The van der Waals surface area contributed by atoms with E-state index in [9.17, 15) is 14.3 Å². The van der Waals surface area contributed by atoms with E-state index < -0.39 is 11.4 Å². The van der Waals surface area contributed by atoms with Gasteiger partial charge in [-0.3, -0.25) is 0 Å². The van der Waals surface area contributed by atoms with E-state index in [0.29, 0.717) is 25.2 Å². The van der Waals surface area contributed by atoms with E-state index in [1.54, 1.807) is 17.0 Å². The lowest BCUT2D eigenvalue weighted by atomic mass is 9.80. The van der Waals surface area contributed by atoms with Gasteiger partial charge in [0.25, 0.3) is 0 Å². The lowest BCUT2D eigenvalue weighted by Gasteiger charge is -2.43. The second kappa shape index (κ2) is 8.03. The van der Waals surface area contributed by atoms with Gasteiger partial charge in [0.1, 0.15) is 18.2 Å². The Hall–Kier alpha value is -2.60. The number of benzene rings is 2. The second-order valence-corrected chi connectivity index (χ2v) is 7.85. The lowest BCUT2D eigenvalue weighted by Crippen LogP contribution is -2.52. The first-order valence-electron chi connectivity index (χ1n) is 10.1. The number of rotatable bonds is 5. The zero-order chi connectivity index (χ0) is 20.4. The molecule has 2 heterocycles. The summed E-state index contributed by atoms with van der Waals surface area (Å²) in [6.07, 6.45) is 1.80. The van der Waals surface area contributed by atoms with E-state index in [-0.39, 0.29) is 30.3 Å². The van der Waals surface area contributed by atoms with Crippen molar-refractivity contribution >= 4 is 6.09 Å². The highest BCUT2D eigenvalue weighted by Crippen LogP contribution is 2.46. The molecule has 2 fully saturated rings. The fourth-order valence-electron chi connectivity index (χ4n) is 4.67. The first-order valence-corrected chi connectivity index (χ1v) is 10.1. The highest BCUT2D eigenvalue weighted by atomic mass is 19.1. The van der Waals surface area contributed by atoms with Crippen molar-refractivity contribution in [1.29, 1.82) is 0 Å². The number of halogens is 1. The number of aliphatic hydroxyl groups is 1. The molecule has 2 aromatic rings. The van der Waals surface area contributed by atoms with Gasteiger partial charge in [-0.05, 0) is 37.5 Å². The van der Waals surface area contributed by atoms with Crippen molar-refractivity contribution in [1.82, 2.24) is 4.90 Å². The fourth-order valence-corrected chi connectivity index (χ4v) is 4.67. The minimum Gasteiger partial charge on any atom is -0.494 e. The smallest absolute Gasteiger partial charge is 0.410 e. The van der Waals surface area contributed by atoms with Crippen molar-refractivity contribution in [2.24, 2.45) is 0 Å². The molecule has 5 nitrogen and oxygen atoms in total. The molecule has 2 aromatic carbocycles. The molecule has 2 aliphatic rings. The Kier molecular flexibility index (Phi) is 5.46. The molecular weight excluding hydrogens is 373 g/mol. The summed E-state index contributed by atoms with van der Waals surface area (Å²) in [6, 6.07) is 13.8. The molecule has 2 unspecified atom stereocenters. The molecule has 0 spiro atoms. The van der Waals surface area contributed by atoms with Crippen LogP contribution in [0, 0.1) is 5.82 Å². The summed E-state index contributed by atoms with van der Waals surface area (Å²) in [7, 11) is 0. The number of piperidine rings is 1. The maximum Gasteiger partial charge on any atom is 0.410 e. The minimum atomic E-state index is -1.29. The highest BCUT2D eigenvalue weighted by molar-refractivity contribution is 5.69. The standard InChI is InChI=1S/C23H26FNO4/c1-2-28-19-10-11-20(21(24)12-19)23(27)13-17-8-9-18(14-23)25(17)22(26)29-15-16-6-4-3-5-7-16/h3-7,10-12,17-18,27H,2,8-9,13-15H2,1H3. The Morgan fingerprint density at radius 1 is 1.17 bits per heavy atom. The monoisotopic (exact) mass is 399 g/mol. The Labute approximate surface area is 170 Å². The number of amides is 1. The molecule has 2 aliphatic heterocycles. The number of carbonyl (C=O) groups excluding carboxylic acids is 1. The number of carbonyl (C=O) groups is 1. The number of nitrogens with zero attached hydrogens (tertiary/aromatic N) is 1. The number of hydrogen-bond donors (Lipinski definition) is 1. The molecule has 0 aliphatic carbocycles. The largest absolute Gasteiger partial charge is 0.494 e. The van der Waals surface area contributed by atoms with Crippen LogP contribution in [0.5, 0.6) is 5.75 Å². The van der Waals surface area contributed by atoms with Crippen molar-refractivity contribution in [3.05, 3.63) is 65.5 Å². The van der Waals surface area contributed by atoms with E-state index >= 15 is 0 Å². The number of hydrogen-bond acceptors (Lipinski definition) is 4. The van der Waals surface area contributed by atoms with Gasteiger partial charge >= 0.3 is 6.09 Å². The quantitative estimate of drug-likeness (QED) is 0.811. The van der Waals surface area contributed by atoms with Gasteiger partial charge in [0.2, 0.25) is 0 Å². The average Bonchev–Trinajstić information content (AvgIpc) is 2.99. The van der Waals surface area contributed by atoms with Crippen LogP contribution < -0.4 is 4.74 Å². The normalized spacial score (nSPS) is 25.7. The molecule has 6 heteroatoms. The van der Waals surface area contributed by atoms with Crippen LogP contribution in [-0.4, -0.2) is 34.8 Å². The zero-order valence-corrected chi connectivity index (χ0v) is 16.5. The molecule has 0 saturated carbocycles. The summed E-state index contributed by atoms with van der Waals surface area (Å²) >= 11 is 0. The fraction of sp³-hybridized carbons (Fsp3) is 0.435. The maximum absolute atomic E-state index is 14.7. The van der Waals surface area contributed by atoms with E-state index in [1.165, 1.54) is 6.07 Å². The molecule has 154 valence electrons. The molecule has 29 heavy (non-hydrogen) atoms. The Bertz CT molecular complexity index is 858. The van der Waals surface area contributed by atoms with Crippen LogP contribution >= 0.6 is 0 Å². The van der Waals surface area contributed by atoms with Crippen molar-refractivity contribution in [2.75, 3.05) is 6.61 Å². The van der Waals surface area contributed by atoms with E-state index in [4.69, 9.17) is 9.47 Å². The molecule has 0 aromatic heterocycles. The summed E-state index contributed by atoms with van der Waals surface area (Å²) in [5.74, 6) is -0.0276. The van der Waals surface area contributed by atoms with Crippen LogP contribution in [0.25, 0.3) is 0 Å². The van der Waals surface area contributed by atoms with Crippen molar-refractivity contribution in [2.45, 2.75) is 56.9 Å². The molecule has 2 bridgehead atoms. The van der Waals surface area contributed by atoms with Crippen molar-refractivity contribution in [3.8, 4) is 5.75 Å². The van der Waals surface area contributed by atoms with E-state index in [1.807, 2.05) is 37.3 Å². The Morgan fingerprint density at radius 2 is 1.86 bits per heavy atom. The van der Waals surface area contributed by atoms with Gasteiger partial charge in [0.05, 0.1) is 12.2 Å². The van der Waals surface area contributed by atoms with Crippen LogP contribution in [0.4, 0.5) is 9.18 Å².